The molecule has 0 atom stereocenters. The number of carbonyl (C=O) groups is 2. The van der Waals surface area contributed by atoms with Crippen LogP contribution >= 0.6 is 0 Å². The molecule has 5 heteroatoms. The van der Waals surface area contributed by atoms with Gasteiger partial charge in [-0.3, -0.25) is 9.59 Å². The topological polar surface area (TPSA) is 71.3 Å². The first kappa shape index (κ1) is 17.5. The molecule has 0 fully saturated rings. The quantitative estimate of drug-likeness (QED) is 0.730. The lowest BCUT2D eigenvalue weighted by molar-refractivity contribution is 0.0948. The molecule has 2 amide bonds. The number of anilines is 1. The molecule has 0 bridgehead atoms. The predicted molar refractivity (Wildman–Crippen MR) is 100 cm³/mol. The highest BCUT2D eigenvalue weighted by atomic mass is 16.4. The van der Waals surface area contributed by atoms with Crippen LogP contribution in [0.15, 0.2) is 65.1 Å². The van der Waals surface area contributed by atoms with Crippen LogP contribution in [0.25, 0.3) is 0 Å². The summed E-state index contributed by atoms with van der Waals surface area (Å²) in [7, 11) is 0. The van der Waals surface area contributed by atoms with E-state index in [1.54, 1.807) is 24.3 Å². The molecule has 0 saturated carbocycles. The summed E-state index contributed by atoms with van der Waals surface area (Å²) in [5, 5.41) is 5.57. The van der Waals surface area contributed by atoms with Gasteiger partial charge in [-0.1, -0.05) is 29.8 Å². The molecule has 0 aliphatic heterocycles. The summed E-state index contributed by atoms with van der Waals surface area (Å²) in [6.45, 7) is 4.13. The fourth-order valence-corrected chi connectivity index (χ4v) is 2.48. The highest BCUT2D eigenvalue weighted by molar-refractivity contribution is 6.02. The SMILES string of the molecule is Cc1ccc(C(=O)NCc2ccc(C(=O)Nc3cccc(C)c3)o2)cc1. The maximum atomic E-state index is 12.2. The summed E-state index contributed by atoms with van der Waals surface area (Å²) in [5.74, 6) is 0.199. The van der Waals surface area contributed by atoms with Crippen molar-refractivity contribution in [2.75, 3.05) is 5.32 Å². The van der Waals surface area contributed by atoms with Crippen molar-refractivity contribution in [1.82, 2.24) is 5.32 Å². The van der Waals surface area contributed by atoms with Crippen LogP contribution in [0.1, 0.15) is 37.8 Å². The molecule has 132 valence electrons. The van der Waals surface area contributed by atoms with Crippen LogP contribution < -0.4 is 10.6 Å². The molecule has 3 rings (SSSR count). The van der Waals surface area contributed by atoms with Gasteiger partial charge in [0.05, 0.1) is 6.54 Å². The molecule has 1 aromatic heterocycles. The summed E-state index contributed by atoms with van der Waals surface area (Å²) >= 11 is 0. The molecule has 1 heterocycles. The standard InChI is InChI=1S/C21H20N2O3/c1-14-6-8-16(9-7-14)20(24)22-13-18-10-11-19(26-18)21(25)23-17-5-3-4-15(2)12-17/h3-12H,13H2,1-2H3,(H,22,24)(H,23,25). The van der Waals surface area contributed by atoms with E-state index in [0.29, 0.717) is 17.0 Å². The minimum atomic E-state index is -0.327. The Bertz CT molecular complexity index is 926. The second-order valence-electron chi connectivity index (χ2n) is 6.14. The number of rotatable bonds is 5. The zero-order valence-corrected chi connectivity index (χ0v) is 14.7. The van der Waals surface area contributed by atoms with E-state index < -0.39 is 0 Å². The summed E-state index contributed by atoms with van der Waals surface area (Å²) in [4.78, 5) is 24.3. The predicted octanol–water partition coefficient (Wildman–Crippen LogP) is 4.08. The lowest BCUT2D eigenvalue weighted by Crippen LogP contribution is -2.22. The van der Waals surface area contributed by atoms with E-state index >= 15 is 0 Å². The molecule has 0 aliphatic rings. The van der Waals surface area contributed by atoms with E-state index in [1.165, 1.54) is 0 Å². The van der Waals surface area contributed by atoms with E-state index in [1.807, 2.05) is 50.2 Å². The Morgan fingerprint density at radius 3 is 2.38 bits per heavy atom. The molecule has 2 N–H and O–H groups in total. The smallest absolute Gasteiger partial charge is 0.291 e. The molecule has 0 radical (unpaired) electrons. The van der Waals surface area contributed by atoms with Crippen molar-refractivity contribution in [3.8, 4) is 0 Å². The van der Waals surface area contributed by atoms with E-state index in [9.17, 15) is 9.59 Å². The van der Waals surface area contributed by atoms with Gasteiger partial charge in [-0.2, -0.15) is 0 Å². The summed E-state index contributed by atoms with van der Waals surface area (Å²) in [6.07, 6.45) is 0. The van der Waals surface area contributed by atoms with E-state index in [2.05, 4.69) is 10.6 Å². The van der Waals surface area contributed by atoms with Crippen molar-refractivity contribution in [3.05, 3.63) is 88.9 Å². The van der Waals surface area contributed by atoms with Crippen LogP contribution in [0.4, 0.5) is 5.69 Å². The lowest BCUT2D eigenvalue weighted by Gasteiger charge is -2.05. The number of nitrogens with one attached hydrogen (secondary N) is 2. The first-order chi connectivity index (χ1) is 12.5. The Morgan fingerprint density at radius 1 is 0.885 bits per heavy atom. The first-order valence-corrected chi connectivity index (χ1v) is 8.33. The van der Waals surface area contributed by atoms with Crippen molar-refractivity contribution in [2.24, 2.45) is 0 Å². The van der Waals surface area contributed by atoms with Gasteiger partial charge < -0.3 is 15.1 Å². The van der Waals surface area contributed by atoms with Crippen LogP contribution in [0, 0.1) is 13.8 Å². The number of benzene rings is 2. The lowest BCUT2D eigenvalue weighted by atomic mass is 10.1. The number of amides is 2. The van der Waals surface area contributed by atoms with Gasteiger partial charge in [0.15, 0.2) is 5.76 Å². The Kier molecular flexibility index (Phi) is 5.17. The first-order valence-electron chi connectivity index (χ1n) is 8.33. The van der Waals surface area contributed by atoms with Crippen LogP contribution in [0.3, 0.4) is 0 Å². The van der Waals surface area contributed by atoms with E-state index in [0.717, 1.165) is 11.1 Å². The van der Waals surface area contributed by atoms with E-state index in [-0.39, 0.29) is 24.1 Å². The van der Waals surface area contributed by atoms with Crippen molar-refractivity contribution < 1.29 is 14.0 Å². The Morgan fingerprint density at radius 2 is 1.65 bits per heavy atom. The number of aryl methyl sites for hydroxylation is 2. The Balaban J connectivity index is 1.58. The van der Waals surface area contributed by atoms with Crippen molar-refractivity contribution >= 4 is 17.5 Å². The molecule has 0 unspecified atom stereocenters. The molecule has 3 aromatic rings. The third-order valence-electron chi connectivity index (χ3n) is 3.90. The van der Waals surface area contributed by atoms with Gasteiger partial charge in [0.25, 0.3) is 11.8 Å². The largest absolute Gasteiger partial charge is 0.454 e. The van der Waals surface area contributed by atoms with Gasteiger partial charge in [0.2, 0.25) is 0 Å². The number of furan rings is 1. The second-order valence-corrected chi connectivity index (χ2v) is 6.14. The molecular weight excluding hydrogens is 328 g/mol. The fourth-order valence-electron chi connectivity index (χ4n) is 2.48. The van der Waals surface area contributed by atoms with Gasteiger partial charge in [-0.25, -0.2) is 0 Å². The van der Waals surface area contributed by atoms with Gasteiger partial charge in [-0.05, 0) is 55.8 Å². The van der Waals surface area contributed by atoms with Crippen LogP contribution in [-0.4, -0.2) is 11.8 Å². The van der Waals surface area contributed by atoms with Crippen molar-refractivity contribution in [1.29, 1.82) is 0 Å². The number of hydrogen-bond donors (Lipinski definition) is 2. The maximum absolute atomic E-state index is 12.2. The summed E-state index contributed by atoms with van der Waals surface area (Å²) in [6, 6.07) is 18.1. The minimum Gasteiger partial charge on any atom is -0.454 e. The van der Waals surface area contributed by atoms with Gasteiger partial charge in [0.1, 0.15) is 5.76 Å². The Hall–Kier alpha value is -3.34. The minimum absolute atomic E-state index is 0.188. The molecule has 26 heavy (non-hydrogen) atoms. The number of carbonyl (C=O) groups excluding carboxylic acids is 2. The number of hydrogen-bond acceptors (Lipinski definition) is 3. The normalized spacial score (nSPS) is 10.4. The highest BCUT2D eigenvalue weighted by Gasteiger charge is 2.12. The fraction of sp³-hybridized carbons (Fsp3) is 0.143. The Labute approximate surface area is 152 Å². The van der Waals surface area contributed by atoms with Crippen LogP contribution in [-0.2, 0) is 6.54 Å². The third kappa shape index (κ3) is 4.39. The van der Waals surface area contributed by atoms with Crippen LogP contribution in [0.2, 0.25) is 0 Å². The zero-order chi connectivity index (χ0) is 18.5. The second kappa shape index (κ2) is 7.70. The zero-order valence-electron chi connectivity index (χ0n) is 14.7. The molecule has 0 saturated heterocycles. The highest BCUT2D eigenvalue weighted by Crippen LogP contribution is 2.14. The van der Waals surface area contributed by atoms with Gasteiger partial charge in [-0.15, -0.1) is 0 Å². The van der Waals surface area contributed by atoms with Gasteiger partial charge >= 0.3 is 0 Å². The van der Waals surface area contributed by atoms with Crippen molar-refractivity contribution in [3.63, 3.8) is 0 Å². The monoisotopic (exact) mass is 348 g/mol. The van der Waals surface area contributed by atoms with Crippen molar-refractivity contribution in [2.45, 2.75) is 20.4 Å². The molecular formula is C21H20N2O3. The molecule has 5 nitrogen and oxygen atoms in total. The summed E-state index contributed by atoms with van der Waals surface area (Å²) < 4.78 is 5.53. The maximum Gasteiger partial charge on any atom is 0.291 e. The third-order valence-corrected chi connectivity index (χ3v) is 3.90. The molecule has 0 aliphatic carbocycles. The van der Waals surface area contributed by atoms with Crippen LogP contribution in [0.5, 0.6) is 0 Å². The van der Waals surface area contributed by atoms with Gasteiger partial charge in [0, 0.05) is 11.3 Å². The average molecular weight is 348 g/mol. The molecule has 0 spiro atoms. The summed E-state index contributed by atoms with van der Waals surface area (Å²) in [5.41, 5.74) is 3.44. The average Bonchev–Trinajstić information content (AvgIpc) is 3.09. The van der Waals surface area contributed by atoms with E-state index in [4.69, 9.17) is 4.42 Å². The molecule has 2 aromatic carbocycles.